The van der Waals surface area contributed by atoms with Crippen LogP contribution in [-0.2, 0) is 14.4 Å². The monoisotopic (exact) mass is 363 g/mol. The summed E-state index contributed by atoms with van der Waals surface area (Å²) < 4.78 is 30.2. The first kappa shape index (κ1) is 17.5. The van der Waals surface area contributed by atoms with Crippen molar-refractivity contribution >= 4 is 10.1 Å². The molecule has 5 rings (SSSR count). The molecule has 0 unspecified atom stereocenters. The fraction of sp³-hybridized carbons (Fsp3) is 0.700. The first-order chi connectivity index (χ1) is 11.8. The molecule has 1 aromatic carbocycles. The average Bonchev–Trinajstić information content (AvgIpc) is 2.52. The highest BCUT2D eigenvalue weighted by atomic mass is 32.2. The molecule has 4 saturated carbocycles. The molecule has 0 heterocycles. The van der Waals surface area contributed by atoms with E-state index in [-0.39, 0.29) is 4.90 Å². The van der Waals surface area contributed by atoms with E-state index in [9.17, 15) is 8.42 Å². The van der Waals surface area contributed by atoms with Gasteiger partial charge in [0.05, 0.1) is 4.90 Å². The molecule has 4 nitrogen and oxygen atoms in total. The predicted octanol–water partition coefficient (Wildman–Crippen LogP) is 4.15. The standard InChI is InChI=1S/C20H29NO3S/c1-15-3-5-19(6-4-15)25(22,23)24-21(2)8-7-20-12-16-9-17(13-20)11-18(10-16)14-20/h3-6,16-18H,7-14H2,1-2H3. The zero-order valence-electron chi connectivity index (χ0n) is 15.3. The third-order valence-electron chi connectivity index (χ3n) is 6.66. The van der Waals surface area contributed by atoms with Gasteiger partial charge in [0, 0.05) is 13.6 Å². The quantitative estimate of drug-likeness (QED) is 0.712. The van der Waals surface area contributed by atoms with Crippen molar-refractivity contribution in [3.63, 3.8) is 0 Å². The van der Waals surface area contributed by atoms with Crippen molar-refractivity contribution in [1.82, 2.24) is 5.06 Å². The van der Waals surface area contributed by atoms with E-state index in [2.05, 4.69) is 0 Å². The molecule has 4 bridgehead atoms. The third kappa shape index (κ3) is 3.64. The zero-order valence-corrected chi connectivity index (χ0v) is 16.1. The summed E-state index contributed by atoms with van der Waals surface area (Å²) in [5.41, 5.74) is 1.48. The molecule has 0 saturated heterocycles. The first-order valence-electron chi connectivity index (χ1n) is 9.56. The molecule has 4 aliphatic carbocycles. The van der Waals surface area contributed by atoms with Crippen LogP contribution in [0.1, 0.15) is 50.5 Å². The maximum atomic E-state index is 12.4. The molecule has 0 aliphatic heterocycles. The van der Waals surface area contributed by atoms with Crippen LogP contribution in [0, 0.1) is 30.1 Å². The van der Waals surface area contributed by atoms with Gasteiger partial charge in [0.25, 0.3) is 0 Å². The Bertz CT molecular complexity index is 691. The second kappa shape index (κ2) is 6.36. The minimum absolute atomic E-state index is 0.222. The van der Waals surface area contributed by atoms with Crippen molar-refractivity contribution in [2.75, 3.05) is 13.6 Å². The molecule has 0 atom stereocenters. The highest BCUT2D eigenvalue weighted by Gasteiger charge is 2.50. The highest BCUT2D eigenvalue weighted by molar-refractivity contribution is 7.86. The van der Waals surface area contributed by atoms with Crippen molar-refractivity contribution in [3.8, 4) is 0 Å². The largest absolute Gasteiger partial charge is 0.313 e. The molecule has 0 amide bonds. The molecule has 0 N–H and O–H groups in total. The van der Waals surface area contributed by atoms with E-state index in [1.54, 1.807) is 31.3 Å². The molecule has 1 aromatic rings. The molecule has 0 aromatic heterocycles. The zero-order chi connectivity index (χ0) is 17.7. The van der Waals surface area contributed by atoms with Gasteiger partial charge < -0.3 is 0 Å². The maximum absolute atomic E-state index is 12.4. The topological polar surface area (TPSA) is 46.6 Å². The summed E-state index contributed by atoms with van der Waals surface area (Å²) in [7, 11) is -1.99. The summed E-state index contributed by atoms with van der Waals surface area (Å²) in [4.78, 5) is 0.222. The molecule has 4 aliphatic rings. The van der Waals surface area contributed by atoms with Crippen LogP contribution in [-0.4, -0.2) is 27.1 Å². The van der Waals surface area contributed by atoms with Gasteiger partial charge in [-0.1, -0.05) is 17.7 Å². The Hall–Kier alpha value is -0.910. The van der Waals surface area contributed by atoms with Crippen molar-refractivity contribution in [3.05, 3.63) is 29.8 Å². The Kier molecular flexibility index (Phi) is 4.45. The Labute approximate surface area is 151 Å². The lowest BCUT2D eigenvalue weighted by atomic mass is 9.49. The van der Waals surface area contributed by atoms with Crippen LogP contribution < -0.4 is 0 Å². The Morgan fingerprint density at radius 3 is 2.08 bits per heavy atom. The predicted molar refractivity (Wildman–Crippen MR) is 97.3 cm³/mol. The summed E-state index contributed by atoms with van der Waals surface area (Å²) in [6, 6.07) is 6.81. The fourth-order valence-electron chi connectivity index (χ4n) is 5.94. The summed E-state index contributed by atoms with van der Waals surface area (Å²) in [6.07, 6.45) is 9.40. The average molecular weight is 364 g/mol. The molecule has 138 valence electrons. The minimum Gasteiger partial charge on any atom is -0.192 e. The number of nitrogens with zero attached hydrogens (tertiary/aromatic N) is 1. The van der Waals surface area contributed by atoms with Crippen LogP contribution in [0.25, 0.3) is 0 Å². The van der Waals surface area contributed by atoms with Crippen LogP contribution in [0.3, 0.4) is 0 Å². The number of aryl methyl sites for hydroxylation is 1. The lowest BCUT2D eigenvalue weighted by Crippen LogP contribution is -2.47. The van der Waals surface area contributed by atoms with Gasteiger partial charge in [-0.25, -0.2) is 0 Å². The van der Waals surface area contributed by atoms with Crippen molar-refractivity contribution in [2.45, 2.75) is 56.8 Å². The Morgan fingerprint density at radius 2 is 1.56 bits per heavy atom. The summed E-state index contributed by atoms with van der Waals surface area (Å²) >= 11 is 0. The van der Waals surface area contributed by atoms with E-state index in [0.717, 1.165) is 29.7 Å². The van der Waals surface area contributed by atoms with E-state index in [0.29, 0.717) is 12.0 Å². The number of hydrogen-bond donors (Lipinski definition) is 0. The number of rotatable bonds is 6. The first-order valence-corrected chi connectivity index (χ1v) is 11.0. The molecular weight excluding hydrogens is 334 g/mol. The minimum atomic E-state index is -3.73. The van der Waals surface area contributed by atoms with Gasteiger partial charge in [-0.2, -0.15) is 17.8 Å². The lowest BCUT2D eigenvalue weighted by Gasteiger charge is -2.57. The van der Waals surface area contributed by atoms with Crippen molar-refractivity contribution in [2.24, 2.45) is 23.2 Å². The van der Waals surface area contributed by atoms with Gasteiger partial charge in [-0.3, -0.25) is 0 Å². The van der Waals surface area contributed by atoms with Gasteiger partial charge in [0.1, 0.15) is 0 Å². The van der Waals surface area contributed by atoms with Crippen LogP contribution >= 0.6 is 0 Å². The molecule has 5 heteroatoms. The Balaban J connectivity index is 1.36. The smallest absolute Gasteiger partial charge is 0.192 e. The maximum Gasteiger partial charge on any atom is 0.313 e. The normalized spacial score (nSPS) is 34.0. The van der Waals surface area contributed by atoms with E-state index in [1.807, 2.05) is 6.92 Å². The summed E-state index contributed by atoms with van der Waals surface area (Å²) in [5.74, 6) is 2.77. The Morgan fingerprint density at radius 1 is 1.04 bits per heavy atom. The molecule has 0 radical (unpaired) electrons. The SMILES string of the molecule is Cc1ccc(S(=O)(=O)ON(C)CCC23CC4CC(CC(C4)C2)C3)cc1. The summed E-state index contributed by atoms with van der Waals surface area (Å²) in [6.45, 7) is 2.62. The number of hydroxylamine groups is 2. The number of hydrogen-bond acceptors (Lipinski definition) is 4. The van der Waals surface area contributed by atoms with Gasteiger partial charge in [-0.05, 0) is 87.2 Å². The van der Waals surface area contributed by atoms with Crippen molar-refractivity contribution in [1.29, 1.82) is 0 Å². The lowest BCUT2D eigenvalue weighted by molar-refractivity contribution is -0.0844. The molecule has 0 spiro atoms. The second-order valence-electron chi connectivity index (χ2n) is 8.86. The van der Waals surface area contributed by atoms with E-state index in [1.165, 1.54) is 43.6 Å². The van der Waals surface area contributed by atoms with Gasteiger partial charge in [-0.15, -0.1) is 0 Å². The van der Waals surface area contributed by atoms with E-state index < -0.39 is 10.1 Å². The summed E-state index contributed by atoms with van der Waals surface area (Å²) in [5, 5.41) is 1.52. The van der Waals surface area contributed by atoms with Crippen LogP contribution in [0.2, 0.25) is 0 Å². The fourth-order valence-corrected chi connectivity index (χ4v) is 6.91. The van der Waals surface area contributed by atoms with Gasteiger partial charge in [0.2, 0.25) is 0 Å². The molecular formula is C20H29NO3S. The molecule has 25 heavy (non-hydrogen) atoms. The number of benzene rings is 1. The van der Waals surface area contributed by atoms with Gasteiger partial charge >= 0.3 is 10.1 Å². The third-order valence-corrected chi connectivity index (χ3v) is 7.96. The second-order valence-corrected chi connectivity index (χ2v) is 10.4. The van der Waals surface area contributed by atoms with Crippen LogP contribution in [0.15, 0.2) is 29.2 Å². The van der Waals surface area contributed by atoms with E-state index in [4.69, 9.17) is 4.28 Å². The van der Waals surface area contributed by atoms with Crippen molar-refractivity contribution < 1.29 is 12.7 Å². The molecule has 4 fully saturated rings. The van der Waals surface area contributed by atoms with Crippen LogP contribution in [0.4, 0.5) is 0 Å². The van der Waals surface area contributed by atoms with Crippen LogP contribution in [0.5, 0.6) is 0 Å². The van der Waals surface area contributed by atoms with E-state index >= 15 is 0 Å². The highest BCUT2D eigenvalue weighted by Crippen LogP contribution is 2.61. The van der Waals surface area contributed by atoms with Gasteiger partial charge in [0.15, 0.2) is 0 Å².